The fourth-order valence-corrected chi connectivity index (χ4v) is 2.60. The number of halogens is 1. The van der Waals surface area contributed by atoms with Gasteiger partial charge in [-0.15, -0.1) is 0 Å². The van der Waals surface area contributed by atoms with Gasteiger partial charge in [-0.05, 0) is 38.3 Å². The largest absolute Gasteiger partial charge is 0.346 e. The van der Waals surface area contributed by atoms with Crippen molar-refractivity contribution < 1.29 is 4.79 Å². The van der Waals surface area contributed by atoms with Gasteiger partial charge in [0.1, 0.15) is 0 Å². The van der Waals surface area contributed by atoms with Crippen molar-refractivity contribution in [1.82, 2.24) is 10.3 Å². The molecule has 86 valence electrons. The second kappa shape index (κ2) is 4.53. The van der Waals surface area contributed by atoms with Crippen molar-refractivity contribution in [3.05, 3.63) is 29.6 Å². The number of amides is 1. The van der Waals surface area contributed by atoms with Crippen molar-refractivity contribution in [2.24, 2.45) is 0 Å². The molecular formula is C12H15BrN2O. The van der Waals surface area contributed by atoms with Crippen molar-refractivity contribution in [2.45, 2.75) is 31.7 Å². The topological polar surface area (TPSA) is 42.0 Å². The first-order valence-corrected chi connectivity index (χ1v) is 6.58. The lowest BCUT2D eigenvalue weighted by Crippen LogP contribution is -2.54. The zero-order valence-electron chi connectivity index (χ0n) is 9.29. The van der Waals surface area contributed by atoms with Gasteiger partial charge in [0.25, 0.3) is 5.91 Å². The Hall–Kier alpha value is -0.900. The fourth-order valence-electron chi connectivity index (χ4n) is 1.90. The van der Waals surface area contributed by atoms with Crippen LogP contribution in [0.3, 0.4) is 0 Å². The summed E-state index contributed by atoms with van der Waals surface area (Å²) in [5, 5.41) is 3.94. The molecule has 1 heterocycles. The first kappa shape index (κ1) is 11.6. The van der Waals surface area contributed by atoms with Crippen LogP contribution in [0.5, 0.6) is 0 Å². The highest BCUT2D eigenvalue weighted by Crippen LogP contribution is 2.33. The lowest BCUT2D eigenvalue weighted by Gasteiger charge is -2.41. The Morgan fingerprint density at radius 2 is 2.38 bits per heavy atom. The Balaban J connectivity index is 2.08. The van der Waals surface area contributed by atoms with E-state index in [0.29, 0.717) is 5.56 Å². The lowest BCUT2D eigenvalue weighted by atomic mass is 9.78. The van der Waals surface area contributed by atoms with E-state index < -0.39 is 0 Å². The van der Waals surface area contributed by atoms with Crippen molar-refractivity contribution in [3.8, 4) is 0 Å². The van der Waals surface area contributed by atoms with Crippen LogP contribution in [0.15, 0.2) is 18.3 Å². The number of hydrogen-bond donors (Lipinski definition) is 1. The highest BCUT2D eigenvalue weighted by molar-refractivity contribution is 9.09. The third-order valence-electron chi connectivity index (χ3n) is 3.10. The molecular weight excluding hydrogens is 268 g/mol. The van der Waals surface area contributed by atoms with Crippen molar-refractivity contribution >= 4 is 21.8 Å². The standard InChI is InChI=1S/C12H15BrN2O/c1-9-7-10(3-6-14-9)11(16)15-12(8-13)4-2-5-12/h3,6-7H,2,4-5,8H2,1H3,(H,15,16). The summed E-state index contributed by atoms with van der Waals surface area (Å²) in [5.74, 6) is 0.00431. The lowest BCUT2D eigenvalue weighted by molar-refractivity contribution is 0.0856. The highest BCUT2D eigenvalue weighted by Gasteiger charge is 2.37. The molecule has 0 unspecified atom stereocenters. The third kappa shape index (κ3) is 2.26. The normalized spacial score (nSPS) is 17.6. The molecule has 1 N–H and O–H groups in total. The van der Waals surface area contributed by atoms with E-state index in [4.69, 9.17) is 0 Å². The molecule has 0 bridgehead atoms. The van der Waals surface area contributed by atoms with Crippen molar-refractivity contribution in [1.29, 1.82) is 0 Å². The van der Waals surface area contributed by atoms with Crippen LogP contribution in [0.2, 0.25) is 0 Å². The molecule has 16 heavy (non-hydrogen) atoms. The minimum atomic E-state index is -0.0196. The Morgan fingerprint density at radius 1 is 1.62 bits per heavy atom. The minimum absolute atomic E-state index is 0.00431. The predicted octanol–water partition coefficient (Wildman–Crippen LogP) is 2.44. The van der Waals surface area contributed by atoms with E-state index in [1.807, 2.05) is 13.0 Å². The molecule has 3 nitrogen and oxygen atoms in total. The average molecular weight is 283 g/mol. The predicted molar refractivity (Wildman–Crippen MR) is 66.8 cm³/mol. The molecule has 0 spiro atoms. The summed E-state index contributed by atoms with van der Waals surface area (Å²) in [6.45, 7) is 1.89. The number of alkyl halides is 1. The molecule has 1 aromatic heterocycles. The van der Waals surface area contributed by atoms with Crippen LogP contribution in [0.1, 0.15) is 35.3 Å². The molecule has 0 aromatic carbocycles. The summed E-state index contributed by atoms with van der Waals surface area (Å²) in [4.78, 5) is 16.1. The van der Waals surface area contributed by atoms with Gasteiger partial charge < -0.3 is 5.32 Å². The number of nitrogens with zero attached hydrogens (tertiary/aromatic N) is 1. The Morgan fingerprint density at radius 3 is 2.88 bits per heavy atom. The molecule has 1 aliphatic rings. The quantitative estimate of drug-likeness (QED) is 0.866. The number of carbonyl (C=O) groups excluding carboxylic acids is 1. The number of pyridine rings is 1. The van der Waals surface area contributed by atoms with Gasteiger partial charge in [-0.2, -0.15) is 0 Å². The number of aryl methyl sites for hydroxylation is 1. The summed E-state index contributed by atoms with van der Waals surface area (Å²) in [6.07, 6.45) is 5.00. The molecule has 1 amide bonds. The van der Waals surface area contributed by atoms with Crippen molar-refractivity contribution in [3.63, 3.8) is 0 Å². The van der Waals surface area contributed by atoms with Crippen LogP contribution in [0.4, 0.5) is 0 Å². The zero-order valence-corrected chi connectivity index (χ0v) is 10.9. The highest BCUT2D eigenvalue weighted by atomic mass is 79.9. The zero-order chi connectivity index (χ0) is 11.6. The number of aromatic nitrogens is 1. The summed E-state index contributed by atoms with van der Waals surface area (Å²) >= 11 is 3.47. The summed E-state index contributed by atoms with van der Waals surface area (Å²) in [7, 11) is 0. The van der Waals surface area contributed by atoms with Crippen LogP contribution in [-0.2, 0) is 0 Å². The van der Waals surface area contributed by atoms with Gasteiger partial charge in [-0.3, -0.25) is 9.78 Å². The van der Waals surface area contributed by atoms with E-state index in [9.17, 15) is 4.79 Å². The number of hydrogen-bond acceptors (Lipinski definition) is 2. The smallest absolute Gasteiger partial charge is 0.251 e. The van der Waals surface area contributed by atoms with Crippen LogP contribution >= 0.6 is 15.9 Å². The number of nitrogens with one attached hydrogen (secondary N) is 1. The number of rotatable bonds is 3. The van der Waals surface area contributed by atoms with Gasteiger partial charge in [-0.25, -0.2) is 0 Å². The van der Waals surface area contributed by atoms with Gasteiger partial charge in [0, 0.05) is 22.8 Å². The molecule has 1 saturated carbocycles. The molecule has 1 fully saturated rings. The second-order valence-corrected chi connectivity index (χ2v) is 4.97. The van der Waals surface area contributed by atoms with Gasteiger partial charge in [0.2, 0.25) is 0 Å². The molecule has 1 aromatic rings. The SMILES string of the molecule is Cc1cc(C(=O)NC2(CBr)CCC2)ccn1. The van der Waals surface area contributed by atoms with Crippen LogP contribution < -0.4 is 5.32 Å². The maximum atomic E-state index is 12.0. The van der Waals surface area contributed by atoms with Crippen LogP contribution in [0.25, 0.3) is 0 Å². The molecule has 2 rings (SSSR count). The maximum absolute atomic E-state index is 12.0. The molecule has 4 heteroatoms. The molecule has 0 saturated heterocycles. The Kier molecular flexibility index (Phi) is 3.28. The van der Waals surface area contributed by atoms with E-state index in [1.165, 1.54) is 6.42 Å². The van der Waals surface area contributed by atoms with Gasteiger partial charge >= 0.3 is 0 Å². The van der Waals surface area contributed by atoms with E-state index in [-0.39, 0.29) is 11.4 Å². The minimum Gasteiger partial charge on any atom is -0.346 e. The van der Waals surface area contributed by atoms with E-state index >= 15 is 0 Å². The van der Waals surface area contributed by atoms with Crippen LogP contribution in [-0.4, -0.2) is 21.8 Å². The summed E-state index contributed by atoms with van der Waals surface area (Å²) < 4.78 is 0. The Labute approximate surface area is 104 Å². The molecule has 1 aliphatic carbocycles. The maximum Gasteiger partial charge on any atom is 0.251 e. The monoisotopic (exact) mass is 282 g/mol. The second-order valence-electron chi connectivity index (χ2n) is 4.41. The van der Waals surface area contributed by atoms with E-state index in [2.05, 4.69) is 26.2 Å². The first-order chi connectivity index (χ1) is 7.65. The average Bonchev–Trinajstić information content (AvgIpc) is 2.23. The first-order valence-electron chi connectivity index (χ1n) is 5.46. The Bertz CT molecular complexity index is 396. The van der Waals surface area contributed by atoms with Crippen LogP contribution in [0, 0.1) is 6.92 Å². The van der Waals surface area contributed by atoms with Gasteiger partial charge in [0.15, 0.2) is 0 Å². The summed E-state index contributed by atoms with van der Waals surface area (Å²) in [6, 6.07) is 3.57. The van der Waals surface area contributed by atoms with Gasteiger partial charge in [0.05, 0.1) is 5.54 Å². The third-order valence-corrected chi connectivity index (χ3v) is 4.18. The van der Waals surface area contributed by atoms with Gasteiger partial charge in [-0.1, -0.05) is 15.9 Å². The van der Waals surface area contributed by atoms with Crippen molar-refractivity contribution in [2.75, 3.05) is 5.33 Å². The summed E-state index contributed by atoms with van der Waals surface area (Å²) in [5.41, 5.74) is 1.54. The van der Waals surface area contributed by atoms with E-state index in [0.717, 1.165) is 23.9 Å². The molecule has 0 aliphatic heterocycles. The molecule has 0 radical (unpaired) electrons. The molecule has 0 atom stereocenters. The number of carbonyl (C=O) groups is 1. The fraction of sp³-hybridized carbons (Fsp3) is 0.500. The van der Waals surface area contributed by atoms with E-state index in [1.54, 1.807) is 12.3 Å².